The molecule has 0 aromatic carbocycles. The number of hydrogen-bond acceptors (Lipinski definition) is 5. The van der Waals surface area contributed by atoms with Crippen LogP contribution in [0, 0.1) is 5.82 Å². The monoisotopic (exact) mass is 288 g/mol. The second kappa shape index (κ2) is 6.03. The van der Waals surface area contributed by atoms with Crippen molar-refractivity contribution in [2.24, 2.45) is 0 Å². The number of nitrogens with zero attached hydrogens (tertiary/aromatic N) is 3. The molecule has 0 spiro atoms. The summed E-state index contributed by atoms with van der Waals surface area (Å²) >= 11 is 0. The highest BCUT2D eigenvalue weighted by molar-refractivity contribution is 5.40. The summed E-state index contributed by atoms with van der Waals surface area (Å²) in [6.45, 7) is 2.95. The van der Waals surface area contributed by atoms with E-state index in [0.29, 0.717) is 24.7 Å². The molecule has 1 N–H and O–H groups in total. The van der Waals surface area contributed by atoms with Gasteiger partial charge >= 0.3 is 0 Å². The van der Waals surface area contributed by atoms with Crippen LogP contribution in [0.3, 0.4) is 0 Å². The first-order valence-corrected chi connectivity index (χ1v) is 7.10. The highest BCUT2D eigenvalue weighted by Crippen LogP contribution is 2.40. The van der Waals surface area contributed by atoms with Crippen molar-refractivity contribution >= 4 is 5.82 Å². The highest BCUT2D eigenvalue weighted by Gasteiger charge is 2.29. The zero-order valence-corrected chi connectivity index (χ0v) is 11.8. The van der Waals surface area contributed by atoms with Gasteiger partial charge in [-0.1, -0.05) is 6.07 Å². The molecular weight excluding hydrogens is 271 g/mol. The Morgan fingerprint density at radius 3 is 2.81 bits per heavy atom. The van der Waals surface area contributed by atoms with E-state index in [1.54, 1.807) is 12.3 Å². The van der Waals surface area contributed by atoms with E-state index in [-0.39, 0.29) is 17.6 Å². The molecule has 2 aromatic rings. The van der Waals surface area contributed by atoms with Crippen molar-refractivity contribution in [3.05, 3.63) is 41.7 Å². The van der Waals surface area contributed by atoms with Crippen LogP contribution in [0.15, 0.2) is 24.7 Å². The number of anilines is 1. The van der Waals surface area contributed by atoms with Crippen molar-refractivity contribution < 1.29 is 9.13 Å². The van der Waals surface area contributed by atoms with Gasteiger partial charge < -0.3 is 10.1 Å². The minimum atomic E-state index is -0.334. The molecule has 2 aromatic heterocycles. The van der Waals surface area contributed by atoms with E-state index >= 15 is 0 Å². The number of aromatic nitrogens is 3. The summed E-state index contributed by atoms with van der Waals surface area (Å²) in [5, 5.41) is 3.00. The van der Waals surface area contributed by atoms with Crippen LogP contribution in [0.25, 0.3) is 0 Å². The van der Waals surface area contributed by atoms with E-state index in [0.717, 1.165) is 18.4 Å². The fraction of sp³-hybridized carbons (Fsp3) is 0.400. The lowest BCUT2D eigenvalue weighted by Crippen LogP contribution is -2.07. The standard InChI is InChI=1S/C15H17FN4O/c1-2-21-12-6-3-10(7-17-12)8-18-15-13(16)14(11-4-5-11)19-9-20-15/h3,6-7,9,11H,2,4-5,8H2,1H3,(H,18,19,20). The van der Waals surface area contributed by atoms with E-state index in [1.165, 1.54) is 6.33 Å². The van der Waals surface area contributed by atoms with Gasteiger partial charge in [-0.2, -0.15) is 0 Å². The van der Waals surface area contributed by atoms with Crippen molar-refractivity contribution in [3.8, 4) is 5.88 Å². The van der Waals surface area contributed by atoms with Gasteiger partial charge in [0.2, 0.25) is 5.88 Å². The van der Waals surface area contributed by atoms with Crippen LogP contribution in [0.2, 0.25) is 0 Å². The summed E-state index contributed by atoms with van der Waals surface area (Å²) in [5.74, 6) is 0.769. The average molecular weight is 288 g/mol. The molecule has 0 unspecified atom stereocenters. The Bertz CT molecular complexity index is 614. The predicted octanol–water partition coefficient (Wildman–Crippen LogP) is 2.90. The van der Waals surface area contributed by atoms with Gasteiger partial charge in [-0.25, -0.2) is 19.3 Å². The lowest BCUT2D eigenvalue weighted by Gasteiger charge is -2.09. The van der Waals surface area contributed by atoms with E-state index < -0.39 is 0 Å². The smallest absolute Gasteiger partial charge is 0.213 e. The van der Waals surface area contributed by atoms with Gasteiger partial charge in [0.25, 0.3) is 0 Å². The Kier molecular flexibility index (Phi) is 3.94. The second-order valence-electron chi connectivity index (χ2n) is 4.99. The van der Waals surface area contributed by atoms with Gasteiger partial charge in [0.15, 0.2) is 11.6 Å². The van der Waals surface area contributed by atoms with Crippen LogP contribution in [0.4, 0.5) is 10.2 Å². The number of hydrogen-bond donors (Lipinski definition) is 1. The first-order chi connectivity index (χ1) is 10.3. The molecule has 5 nitrogen and oxygen atoms in total. The number of halogens is 1. The maximum Gasteiger partial charge on any atom is 0.213 e. The van der Waals surface area contributed by atoms with Gasteiger partial charge in [0, 0.05) is 24.7 Å². The maximum absolute atomic E-state index is 14.2. The van der Waals surface area contributed by atoms with Crippen LogP contribution in [-0.2, 0) is 6.54 Å². The third-order valence-electron chi connectivity index (χ3n) is 3.33. The summed E-state index contributed by atoms with van der Waals surface area (Å²) in [6.07, 6.45) is 5.14. The van der Waals surface area contributed by atoms with Crippen molar-refractivity contribution in [3.63, 3.8) is 0 Å². The Hall–Kier alpha value is -2.24. The number of pyridine rings is 1. The first kappa shape index (κ1) is 13.7. The van der Waals surface area contributed by atoms with Crippen LogP contribution in [0.5, 0.6) is 5.88 Å². The maximum atomic E-state index is 14.2. The third kappa shape index (κ3) is 3.26. The van der Waals surface area contributed by atoms with E-state index in [4.69, 9.17) is 4.74 Å². The molecule has 0 radical (unpaired) electrons. The highest BCUT2D eigenvalue weighted by atomic mass is 19.1. The van der Waals surface area contributed by atoms with E-state index in [1.807, 2.05) is 13.0 Å². The molecule has 1 aliphatic carbocycles. The average Bonchev–Trinajstić information content (AvgIpc) is 3.33. The molecule has 3 rings (SSSR count). The molecule has 21 heavy (non-hydrogen) atoms. The van der Waals surface area contributed by atoms with Crippen LogP contribution < -0.4 is 10.1 Å². The van der Waals surface area contributed by atoms with Gasteiger partial charge in [-0.15, -0.1) is 0 Å². The van der Waals surface area contributed by atoms with Crippen molar-refractivity contribution in [1.82, 2.24) is 15.0 Å². The molecule has 6 heteroatoms. The minimum Gasteiger partial charge on any atom is -0.478 e. The quantitative estimate of drug-likeness (QED) is 0.885. The number of rotatable bonds is 6. The van der Waals surface area contributed by atoms with Gasteiger partial charge in [0.05, 0.1) is 12.3 Å². The normalized spacial score (nSPS) is 14.0. The van der Waals surface area contributed by atoms with Crippen molar-refractivity contribution in [2.45, 2.75) is 32.2 Å². The summed E-state index contributed by atoms with van der Waals surface area (Å²) in [7, 11) is 0. The molecule has 1 fully saturated rings. The second-order valence-corrected chi connectivity index (χ2v) is 4.99. The summed E-state index contributed by atoms with van der Waals surface area (Å²) < 4.78 is 19.5. The minimum absolute atomic E-state index is 0.251. The largest absolute Gasteiger partial charge is 0.478 e. The van der Waals surface area contributed by atoms with Crippen molar-refractivity contribution in [1.29, 1.82) is 0 Å². The molecule has 0 aliphatic heterocycles. The number of ether oxygens (including phenoxy) is 1. The molecule has 0 bridgehead atoms. The molecule has 110 valence electrons. The fourth-order valence-electron chi connectivity index (χ4n) is 2.08. The lowest BCUT2D eigenvalue weighted by molar-refractivity contribution is 0.326. The molecule has 1 aliphatic rings. The van der Waals surface area contributed by atoms with Gasteiger partial charge in [-0.05, 0) is 25.3 Å². The molecular formula is C15H17FN4O. The lowest BCUT2D eigenvalue weighted by atomic mass is 10.2. The molecule has 0 amide bonds. The van der Waals surface area contributed by atoms with Crippen molar-refractivity contribution in [2.75, 3.05) is 11.9 Å². The van der Waals surface area contributed by atoms with Crippen LogP contribution >= 0.6 is 0 Å². The van der Waals surface area contributed by atoms with E-state index in [2.05, 4.69) is 20.3 Å². The fourth-order valence-corrected chi connectivity index (χ4v) is 2.08. The first-order valence-electron chi connectivity index (χ1n) is 7.10. The predicted molar refractivity (Wildman–Crippen MR) is 76.7 cm³/mol. The Labute approximate surface area is 122 Å². The Morgan fingerprint density at radius 1 is 1.29 bits per heavy atom. The number of nitrogens with one attached hydrogen (secondary N) is 1. The summed E-state index contributed by atoms with van der Waals surface area (Å²) in [6, 6.07) is 3.69. The zero-order chi connectivity index (χ0) is 14.7. The molecule has 1 saturated carbocycles. The summed E-state index contributed by atoms with van der Waals surface area (Å²) in [4.78, 5) is 12.2. The van der Waals surface area contributed by atoms with Gasteiger partial charge in [0.1, 0.15) is 6.33 Å². The third-order valence-corrected chi connectivity index (χ3v) is 3.33. The Balaban J connectivity index is 1.65. The van der Waals surface area contributed by atoms with Crippen LogP contribution in [0.1, 0.15) is 36.9 Å². The topological polar surface area (TPSA) is 59.9 Å². The SMILES string of the molecule is CCOc1ccc(CNc2ncnc(C3CC3)c2F)cn1. The Morgan fingerprint density at radius 2 is 2.14 bits per heavy atom. The van der Waals surface area contributed by atoms with E-state index in [9.17, 15) is 4.39 Å². The van der Waals surface area contributed by atoms with Crippen LogP contribution in [-0.4, -0.2) is 21.6 Å². The zero-order valence-electron chi connectivity index (χ0n) is 11.8. The summed E-state index contributed by atoms with van der Waals surface area (Å²) in [5.41, 5.74) is 1.46. The molecule has 2 heterocycles. The van der Waals surface area contributed by atoms with Gasteiger partial charge in [-0.3, -0.25) is 0 Å². The molecule has 0 atom stereocenters. The molecule has 0 saturated heterocycles.